The second kappa shape index (κ2) is 6.66. The Labute approximate surface area is 114 Å². The van der Waals surface area contributed by atoms with Crippen LogP contribution in [-0.4, -0.2) is 22.6 Å². The molecule has 2 rings (SSSR count). The van der Waals surface area contributed by atoms with Crippen molar-refractivity contribution in [1.82, 2.24) is 10.3 Å². The number of aromatic nitrogens is 1. The summed E-state index contributed by atoms with van der Waals surface area (Å²) < 4.78 is 0. The van der Waals surface area contributed by atoms with E-state index >= 15 is 0 Å². The molecular formula is C15H22N2O2. The normalized spacial score (nSPS) is 23.2. The predicted molar refractivity (Wildman–Crippen MR) is 74.0 cm³/mol. The minimum Gasteiger partial charge on any atom is -0.478 e. The molecule has 4 heteroatoms. The van der Waals surface area contributed by atoms with E-state index in [1.54, 1.807) is 18.3 Å². The van der Waals surface area contributed by atoms with E-state index in [0.29, 0.717) is 17.8 Å². The summed E-state index contributed by atoms with van der Waals surface area (Å²) in [5.41, 5.74) is 0.923. The topological polar surface area (TPSA) is 62.2 Å². The van der Waals surface area contributed by atoms with Crippen LogP contribution >= 0.6 is 0 Å². The van der Waals surface area contributed by atoms with Crippen molar-refractivity contribution in [3.63, 3.8) is 0 Å². The van der Waals surface area contributed by atoms with Crippen molar-refractivity contribution in [3.05, 3.63) is 29.6 Å². The summed E-state index contributed by atoms with van der Waals surface area (Å²) in [6.07, 6.45) is 6.84. The second-order valence-electron chi connectivity index (χ2n) is 5.56. The average Bonchev–Trinajstić information content (AvgIpc) is 2.41. The summed E-state index contributed by atoms with van der Waals surface area (Å²) in [6.45, 7) is 3.81. The number of hydrogen-bond donors (Lipinski definition) is 2. The van der Waals surface area contributed by atoms with Gasteiger partial charge in [0.25, 0.3) is 0 Å². The van der Waals surface area contributed by atoms with Crippen molar-refractivity contribution < 1.29 is 9.90 Å². The third-order valence-corrected chi connectivity index (χ3v) is 3.98. The van der Waals surface area contributed by atoms with Crippen LogP contribution in [0.1, 0.15) is 48.7 Å². The molecule has 0 radical (unpaired) electrons. The van der Waals surface area contributed by atoms with Crippen molar-refractivity contribution in [3.8, 4) is 0 Å². The van der Waals surface area contributed by atoms with Crippen LogP contribution in [0.25, 0.3) is 0 Å². The van der Waals surface area contributed by atoms with E-state index in [2.05, 4.69) is 17.2 Å². The first-order valence-electron chi connectivity index (χ1n) is 7.04. The van der Waals surface area contributed by atoms with Crippen LogP contribution in [0, 0.1) is 11.8 Å². The monoisotopic (exact) mass is 262 g/mol. The van der Waals surface area contributed by atoms with Crippen molar-refractivity contribution in [1.29, 1.82) is 0 Å². The van der Waals surface area contributed by atoms with Gasteiger partial charge in [0.2, 0.25) is 0 Å². The lowest BCUT2D eigenvalue weighted by Gasteiger charge is -2.26. The van der Waals surface area contributed by atoms with Gasteiger partial charge in [0.1, 0.15) is 0 Å². The minimum absolute atomic E-state index is 0.298. The van der Waals surface area contributed by atoms with Crippen LogP contribution in [0.15, 0.2) is 18.3 Å². The highest BCUT2D eigenvalue weighted by molar-refractivity contribution is 5.88. The zero-order chi connectivity index (χ0) is 13.7. The Bertz CT molecular complexity index is 426. The van der Waals surface area contributed by atoms with E-state index < -0.39 is 5.97 Å². The average molecular weight is 262 g/mol. The molecular weight excluding hydrogens is 240 g/mol. The molecule has 0 bridgehead atoms. The maximum atomic E-state index is 11.1. The molecule has 4 nitrogen and oxygen atoms in total. The van der Waals surface area contributed by atoms with Gasteiger partial charge in [-0.15, -0.1) is 0 Å². The molecule has 0 aromatic carbocycles. The molecule has 0 saturated heterocycles. The lowest BCUT2D eigenvalue weighted by Crippen LogP contribution is -2.26. The lowest BCUT2D eigenvalue weighted by molar-refractivity contribution is 0.0695. The molecule has 104 valence electrons. The van der Waals surface area contributed by atoms with Crippen LogP contribution in [0.3, 0.4) is 0 Å². The Kier molecular flexibility index (Phi) is 4.91. The zero-order valence-corrected chi connectivity index (χ0v) is 11.4. The molecule has 0 amide bonds. The Hall–Kier alpha value is -1.42. The van der Waals surface area contributed by atoms with E-state index in [9.17, 15) is 4.79 Å². The molecule has 0 unspecified atom stereocenters. The van der Waals surface area contributed by atoms with Crippen molar-refractivity contribution in [2.24, 2.45) is 11.8 Å². The summed E-state index contributed by atoms with van der Waals surface area (Å²) >= 11 is 0. The Morgan fingerprint density at radius 1 is 1.42 bits per heavy atom. The number of nitrogens with zero attached hydrogens (tertiary/aromatic N) is 1. The minimum atomic E-state index is -0.906. The standard InChI is InChI=1S/C15H22N2O2/c1-11-4-6-12(7-5-11)9-16-10-14-13(15(18)19)3-2-8-17-14/h2-3,8,11-12,16H,4-7,9-10H2,1H3,(H,18,19). The van der Waals surface area contributed by atoms with Gasteiger partial charge in [0.05, 0.1) is 11.3 Å². The van der Waals surface area contributed by atoms with Gasteiger partial charge in [-0.2, -0.15) is 0 Å². The van der Waals surface area contributed by atoms with Gasteiger partial charge < -0.3 is 10.4 Å². The van der Waals surface area contributed by atoms with Gasteiger partial charge in [0, 0.05) is 12.7 Å². The fourth-order valence-electron chi connectivity index (χ4n) is 2.70. The maximum Gasteiger partial charge on any atom is 0.337 e. The van der Waals surface area contributed by atoms with Crippen LogP contribution in [0.2, 0.25) is 0 Å². The van der Waals surface area contributed by atoms with E-state index in [-0.39, 0.29) is 0 Å². The smallest absolute Gasteiger partial charge is 0.337 e. The molecule has 19 heavy (non-hydrogen) atoms. The summed E-state index contributed by atoms with van der Waals surface area (Å²) in [4.78, 5) is 15.2. The van der Waals surface area contributed by atoms with Crippen molar-refractivity contribution >= 4 is 5.97 Å². The summed E-state index contributed by atoms with van der Waals surface area (Å²) in [5.74, 6) is 0.690. The second-order valence-corrected chi connectivity index (χ2v) is 5.56. The number of hydrogen-bond acceptors (Lipinski definition) is 3. The number of pyridine rings is 1. The number of carboxylic acid groups (broad SMARTS) is 1. The number of carbonyl (C=O) groups is 1. The molecule has 0 atom stereocenters. The molecule has 1 aliphatic carbocycles. The molecule has 1 heterocycles. The fraction of sp³-hybridized carbons (Fsp3) is 0.600. The molecule has 1 aromatic heterocycles. The number of carboxylic acids is 1. The highest BCUT2D eigenvalue weighted by Crippen LogP contribution is 2.27. The van der Waals surface area contributed by atoms with Crippen LogP contribution in [0.5, 0.6) is 0 Å². The molecule has 0 spiro atoms. The van der Waals surface area contributed by atoms with Crippen LogP contribution < -0.4 is 5.32 Å². The SMILES string of the molecule is CC1CCC(CNCc2ncccc2C(=O)O)CC1. The zero-order valence-electron chi connectivity index (χ0n) is 11.4. The Morgan fingerprint density at radius 3 is 2.84 bits per heavy atom. The summed E-state index contributed by atoms with van der Waals surface area (Å²) in [6, 6.07) is 3.27. The Morgan fingerprint density at radius 2 is 2.16 bits per heavy atom. The van der Waals surface area contributed by atoms with Crippen LogP contribution in [0.4, 0.5) is 0 Å². The van der Waals surface area contributed by atoms with E-state index in [1.807, 2.05) is 0 Å². The fourth-order valence-corrected chi connectivity index (χ4v) is 2.70. The number of aromatic carboxylic acids is 1. The van der Waals surface area contributed by atoms with E-state index in [0.717, 1.165) is 18.4 Å². The van der Waals surface area contributed by atoms with E-state index in [1.165, 1.54) is 25.7 Å². The number of nitrogens with one attached hydrogen (secondary N) is 1. The quantitative estimate of drug-likeness (QED) is 0.856. The first kappa shape index (κ1) is 14.0. The third-order valence-electron chi connectivity index (χ3n) is 3.98. The molecule has 1 saturated carbocycles. The van der Waals surface area contributed by atoms with Crippen molar-refractivity contribution in [2.75, 3.05) is 6.54 Å². The van der Waals surface area contributed by atoms with Gasteiger partial charge in [0.15, 0.2) is 0 Å². The maximum absolute atomic E-state index is 11.1. The summed E-state index contributed by atoms with van der Waals surface area (Å²) in [5, 5.41) is 12.4. The first-order valence-corrected chi connectivity index (χ1v) is 7.04. The van der Waals surface area contributed by atoms with Gasteiger partial charge in [-0.3, -0.25) is 4.98 Å². The van der Waals surface area contributed by atoms with Gasteiger partial charge in [-0.05, 0) is 43.4 Å². The lowest BCUT2D eigenvalue weighted by atomic mass is 9.83. The largest absolute Gasteiger partial charge is 0.478 e. The predicted octanol–water partition coefficient (Wildman–Crippen LogP) is 2.70. The van der Waals surface area contributed by atoms with Crippen molar-refractivity contribution in [2.45, 2.75) is 39.2 Å². The van der Waals surface area contributed by atoms with Gasteiger partial charge >= 0.3 is 5.97 Å². The van der Waals surface area contributed by atoms with E-state index in [4.69, 9.17) is 5.11 Å². The highest BCUT2D eigenvalue weighted by Gasteiger charge is 2.18. The number of rotatable bonds is 5. The van der Waals surface area contributed by atoms with Crippen LogP contribution in [-0.2, 0) is 6.54 Å². The molecule has 1 fully saturated rings. The molecule has 0 aliphatic heterocycles. The summed E-state index contributed by atoms with van der Waals surface area (Å²) in [7, 11) is 0. The molecule has 1 aromatic rings. The third kappa shape index (κ3) is 4.03. The molecule has 1 aliphatic rings. The van der Waals surface area contributed by atoms with Gasteiger partial charge in [-0.1, -0.05) is 19.8 Å². The highest BCUT2D eigenvalue weighted by atomic mass is 16.4. The first-order chi connectivity index (χ1) is 9.16. The Balaban J connectivity index is 1.81. The van der Waals surface area contributed by atoms with Gasteiger partial charge in [-0.25, -0.2) is 4.79 Å². The molecule has 2 N–H and O–H groups in total.